The molecule has 0 saturated heterocycles. The molecule has 0 unspecified atom stereocenters. The Labute approximate surface area is 121 Å². The van der Waals surface area contributed by atoms with Gasteiger partial charge in [0, 0.05) is 0 Å². The lowest BCUT2D eigenvalue weighted by Crippen LogP contribution is -1.97. The molecule has 0 aliphatic carbocycles. The minimum Gasteiger partial charge on any atom is -0.489 e. The predicted octanol–water partition coefficient (Wildman–Crippen LogP) is 4.27. The van der Waals surface area contributed by atoms with Crippen molar-refractivity contribution in [3.63, 3.8) is 0 Å². The SMILES string of the molecule is CCc1ccc(COc2ccc([C@@H](O)CC)cc2)cc1. The maximum absolute atomic E-state index is 9.74. The third-order valence-corrected chi connectivity index (χ3v) is 3.49. The van der Waals surface area contributed by atoms with Gasteiger partial charge in [0.25, 0.3) is 0 Å². The largest absolute Gasteiger partial charge is 0.489 e. The number of aryl methyl sites for hydroxylation is 1. The van der Waals surface area contributed by atoms with Crippen molar-refractivity contribution in [2.75, 3.05) is 0 Å². The lowest BCUT2D eigenvalue weighted by atomic mass is 10.1. The maximum Gasteiger partial charge on any atom is 0.119 e. The summed E-state index contributed by atoms with van der Waals surface area (Å²) in [5, 5.41) is 9.74. The van der Waals surface area contributed by atoms with Crippen molar-refractivity contribution in [2.45, 2.75) is 39.4 Å². The molecule has 0 fully saturated rings. The maximum atomic E-state index is 9.74. The lowest BCUT2D eigenvalue weighted by molar-refractivity contribution is 0.173. The summed E-state index contributed by atoms with van der Waals surface area (Å²) in [6.07, 6.45) is 1.40. The molecule has 0 aliphatic heterocycles. The van der Waals surface area contributed by atoms with Crippen LogP contribution in [0.25, 0.3) is 0 Å². The van der Waals surface area contributed by atoms with E-state index in [1.807, 2.05) is 31.2 Å². The van der Waals surface area contributed by atoms with E-state index in [0.717, 1.165) is 24.2 Å². The highest BCUT2D eigenvalue weighted by atomic mass is 16.5. The topological polar surface area (TPSA) is 29.5 Å². The van der Waals surface area contributed by atoms with Gasteiger partial charge in [-0.25, -0.2) is 0 Å². The molecule has 2 rings (SSSR count). The second-order valence-electron chi connectivity index (χ2n) is 4.95. The molecule has 1 N–H and O–H groups in total. The Hall–Kier alpha value is -1.80. The van der Waals surface area contributed by atoms with Crippen LogP contribution < -0.4 is 4.74 Å². The number of ether oxygens (including phenoxy) is 1. The van der Waals surface area contributed by atoms with Crippen molar-refractivity contribution in [3.05, 3.63) is 65.2 Å². The lowest BCUT2D eigenvalue weighted by Gasteiger charge is -2.10. The molecule has 0 spiro atoms. The van der Waals surface area contributed by atoms with Gasteiger partial charge in [0.2, 0.25) is 0 Å². The van der Waals surface area contributed by atoms with Crippen molar-refractivity contribution < 1.29 is 9.84 Å². The Kier molecular flexibility index (Phi) is 5.19. The molecule has 2 aromatic carbocycles. The van der Waals surface area contributed by atoms with Gasteiger partial charge in [-0.15, -0.1) is 0 Å². The number of benzene rings is 2. The van der Waals surface area contributed by atoms with E-state index in [1.165, 1.54) is 11.1 Å². The number of rotatable bonds is 6. The molecular weight excluding hydrogens is 248 g/mol. The fourth-order valence-electron chi connectivity index (χ4n) is 2.06. The van der Waals surface area contributed by atoms with Crippen LogP contribution in [0.15, 0.2) is 48.5 Å². The summed E-state index contributed by atoms with van der Waals surface area (Å²) < 4.78 is 5.75. The summed E-state index contributed by atoms with van der Waals surface area (Å²) in [7, 11) is 0. The van der Waals surface area contributed by atoms with E-state index in [0.29, 0.717) is 6.61 Å². The van der Waals surface area contributed by atoms with E-state index in [2.05, 4.69) is 31.2 Å². The van der Waals surface area contributed by atoms with Crippen molar-refractivity contribution in [1.82, 2.24) is 0 Å². The number of hydrogen-bond acceptors (Lipinski definition) is 2. The molecule has 2 nitrogen and oxygen atoms in total. The van der Waals surface area contributed by atoms with Crippen molar-refractivity contribution in [2.24, 2.45) is 0 Å². The number of aliphatic hydroxyl groups excluding tert-OH is 1. The predicted molar refractivity (Wildman–Crippen MR) is 81.8 cm³/mol. The van der Waals surface area contributed by atoms with Crippen LogP contribution in [0, 0.1) is 0 Å². The third-order valence-electron chi connectivity index (χ3n) is 3.49. The Balaban J connectivity index is 1.93. The second kappa shape index (κ2) is 7.11. The van der Waals surface area contributed by atoms with Crippen molar-refractivity contribution >= 4 is 0 Å². The van der Waals surface area contributed by atoms with Gasteiger partial charge in [0.15, 0.2) is 0 Å². The van der Waals surface area contributed by atoms with E-state index < -0.39 is 0 Å². The van der Waals surface area contributed by atoms with E-state index in [4.69, 9.17) is 4.74 Å². The van der Waals surface area contributed by atoms with E-state index >= 15 is 0 Å². The van der Waals surface area contributed by atoms with E-state index in [-0.39, 0.29) is 6.10 Å². The van der Waals surface area contributed by atoms with Crippen LogP contribution >= 0.6 is 0 Å². The van der Waals surface area contributed by atoms with Gasteiger partial charge in [-0.05, 0) is 41.7 Å². The minimum absolute atomic E-state index is 0.384. The van der Waals surface area contributed by atoms with Crippen molar-refractivity contribution in [1.29, 1.82) is 0 Å². The summed E-state index contributed by atoms with van der Waals surface area (Å²) >= 11 is 0. The van der Waals surface area contributed by atoms with Gasteiger partial charge in [0.05, 0.1) is 6.10 Å². The van der Waals surface area contributed by atoms with E-state index in [1.54, 1.807) is 0 Å². The summed E-state index contributed by atoms with van der Waals surface area (Å²) in [6, 6.07) is 16.2. The first kappa shape index (κ1) is 14.6. The fourth-order valence-corrected chi connectivity index (χ4v) is 2.06. The Morgan fingerprint density at radius 1 is 0.900 bits per heavy atom. The van der Waals surface area contributed by atoms with Crippen LogP contribution in [-0.4, -0.2) is 5.11 Å². The first-order valence-electron chi connectivity index (χ1n) is 7.21. The minimum atomic E-state index is -0.384. The summed E-state index contributed by atoms with van der Waals surface area (Å²) in [5.74, 6) is 0.830. The Morgan fingerprint density at radius 3 is 2.05 bits per heavy atom. The van der Waals surface area contributed by atoms with Crippen LogP contribution in [0.1, 0.15) is 43.1 Å². The second-order valence-corrected chi connectivity index (χ2v) is 4.95. The van der Waals surface area contributed by atoms with Crippen LogP contribution in [0.5, 0.6) is 5.75 Å². The molecule has 0 saturated carbocycles. The van der Waals surface area contributed by atoms with Crippen molar-refractivity contribution in [3.8, 4) is 5.75 Å². The van der Waals surface area contributed by atoms with Gasteiger partial charge < -0.3 is 9.84 Å². The molecule has 106 valence electrons. The number of hydrogen-bond donors (Lipinski definition) is 1. The van der Waals surface area contributed by atoms with Crippen LogP contribution in [0.3, 0.4) is 0 Å². The Bertz CT molecular complexity index is 514. The average Bonchev–Trinajstić information content (AvgIpc) is 2.53. The molecule has 0 heterocycles. The van der Waals surface area contributed by atoms with Crippen LogP contribution in [0.2, 0.25) is 0 Å². The average molecular weight is 270 g/mol. The van der Waals surface area contributed by atoms with Gasteiger partial charge >= 0.3 is 0 Å². The molecule has 1 atom stereocenters. The zero-order chi connectivity index (χ0) is 14.4. The smallest absolute Gasteiger partial charge is 0.119 e. The van der Waals surface area contributed by atoms with Crippen LogP contribution in [0.4, 0.5) is 0 Å². The highest BCUT2D eigenvalue weighted by Gasteiger charge is 2.04. The van der Waals surface area contributed by atoms with Crippen LogP contribution in [-0.2, 0) is 13.0 Å². The molecule has 0 aliphatic rings. The Morgan fingerprint density at radius 2 is 1.50 bits per heavy atom. The molecule has 0 bridgehead atoms. The molecule has 20 heavy (non-hydrogen) atoms. The molecule has 2 aromatic rings. The fraction of sp³-hybridized carbons (Fsp3) is 0.333. The van der Waals surface area contributed by atoms with Gasteiger partial charge in [-0.2, -0.15) is 0 Å². The summed E-state index contributed by atoms with van der Waals surface area (Å²) in [6.45, 7) is 4.69. The molecule has 2 heteroatoms. The van der Waals surface area contributed by atoms with Gasteiger partial charge in [-0.3, -0.25) is 0 Å². The normalized spacial score (nSPS) is 12.2. The molecular formula is C18H22O2. The zero-order valence-electron chi connectivity index (χ0n) is 12.2. The zero-order valence-corrected chi connectivity index (χ0v) is 12.2. The van der Waals surface area contributed by atoms with Gasteiger partial charge in [0.1, 0.15) is 12.4 Å². The first-order chi connectivity index (χ1) is 9.72. The van der Waals surface area contributed by atoms with E-state index in [9.17, 15) is 5.11 Å². The quantitative estimate of drug-likeness (QED) is 0.849. The first-order valence-corrected chi connectivity index (χ1v) is 7.21. The summed E-state index contributed by atoms with van der Waals surface area (Å²) in [5.41, 5.74) is 3.44. The molecule has 0 aromatic heterocycles. The highest BCUT2D eigenvalue weighted by Crippen LogP contribution is 2.20. The number of aliphatic hydroxyl groups is 1. The molecule has 0 amide bonds. The monoisotopic (exact) mass is 270 g/mol. The third kappa shape index (κ3) is 3.84. The van der Waals surface area contributed by atoms with Gasteiger partial charge in [-0.1, -0.05) is 50.2 Å². The highest BCUT2D eigenvalue weighted by molar-refractivity contribution is 5.29. The summed E-state index contributed by atoms with van der Waals surface area (Å²) in [4.78, 5) is 0. The molecule has 0 radical (unpaired) electrons. The standard InChI is InChI=1S/C18H22O2/c1-3-14-5-7-15(8-6-14)13-20-17-11-9-16(10-12-17)18(19)4-2/h5-12,18-19H,3-4,13H2,1-2H3/t18-/m0/s1.